The van der Waals surface area contributed by atoms with Crippen LogP contribution in [0.4, 0.5) is 4.39 Å². The Bertz CT molecular complexity index is 406. The third-order valence-electron chi connectivity index (χ3n) is 4.43. The summed E-state index contributed by atoms with van der Waals surface area (Å²) in [5.74, 6) is 0.139. The smallest absolute Gasteiger partial charge is 0.126 e. The molecule has 0 spiro atoms. The van der Waals surface area contributed by atoms with Crippen LogP contribution in [0.1, 0.15) is 63.0 Å². The molecule has 1 aliphatic carbocycles. The van der Waals surface area contributed by atoms with Crippen LogP contribution in [0.25, 0.3) is 0 Å². The predicted molar refractivity (Wildman–Crippen MR) is 74.3 cm³/mol. The zero-order valence-electron chi connectivity index (χ0n) is 11.5. The molecule has 0 saturated heterocycles. The monoisotopic (exact) mass is 249 g/mol. The number of hydrogen-bond acceptors (Lipinski definition) is 1. The number of halogens is 1. The van der Waals surface area contributed by atoms with Gasteiger partial charge in [-0.25, -0.2) is 4.39 Å². The van der Waals surface area contributed by atoms with E-state index >= 15 is 0 Å². The minimum absolute atomic E-state index is 0.0864. The van der Waals surface area contributed by atoms with Crippen molar-refractivity contribution in [3.63, 3.8) is 0 Å². The zero-order chi connectivity index (χ0) is 13.2. The van der Waals surface area contributed by atoms with Crippen molar-refractivity contribution in [2.24, 2.45) is 5.73 Å². The Balaban J connectivity index is 2.39. The van der Waals surface area contributed by atoms with Crippen LogP contribution in [0.15, 0.2) is 18.2 Å². The highest BCUT2D eigenvalue weighted by Crippen LogP contribution is 2.39. The van der Waals surface area contributed by atoms with Gasteiger partial charge in [-0.05, 0) is 36.0 Å². The molecule has 0 atom stereocenters. The Hall–Kier alpha value is -0.890. The van der Waals surface area contributed by atoms with Gasteiger partial charge in [0.1, 0.15) is 5.82 Å². The third kappa shape index (κ3) is 2.44. The second-order valence-corrected chi connectivity index (χ2v) is 5.94. The molecule has 1 aromatic carbocycles. The van der Waals surface area contributed by atoms with Crippen molar-refractivity contribution >= 4 is 0 Å². The van der Waals surface area contributed by atoms with E-state index in [0.29, 0.717) is 6.54 Å². The van der Waals surface area contributed by atoms with Gasteiger partial charge in [0.15, 0.2) is 0 Å². The van der Waals surface area contributed by atoms with Crippen molar-refractivity contribution in [3.05, 3.63) is 35.1 Å². The first kappa shape index (κ1) is 13.5. The van der Waals surface area contributed by atoms with Crippen molar-refractivity contribution in [1.29, 1.82) is 0 Å². The predicted octanol–water partition coefficient (Wildman–Crippen LogP) is 4.11. The molecule has 100 valence electrons. The molecule has 0 aliphatic heterocycles. The van der Waals surface area contributed by atoms with Gasteiger partial charge in [-0.1, -0.05) is 45.2 Å². The average Bonchev–Trinajstić information content (AvgIpc) is 2.39. The molecule has 1 aliphatic rings. The van der Waals surface area contributed by atoms with Gasteiger partial charge in [0.25, 0.3) is 0 Å². The Kier molecular flexibility index (Phi) is 4.06. The topological polar surface area (TPSA) is 26.0 Å². The molecular weight excluding hydrogens is 225 g/mol. The highest BCUT2D eigenvalue weighted by Gasteiger charge is 2.32. The summed E-state index contributed by atoms with van der Waals surface area (Å²) in [6.07, 6.45) is 6.08. The molecular formula is C16H24FN. The standard InChI is InChI=1S/C16H24FN/c1-12(2)14-10-13(6-7-15(14)17)16(11-18)8-4-3-5-9-16/h6-7,10,12H,3-5,8-9,11,18H2,1-2H3. The van der Waals surface area contributed by atoms with Gasteiger partial charge in [0.05, 0.1) is 0 Å². The van der Waals surface area contributed by atoms with Gasteiger partial charge in [-0.3, -0.25) is 0 Å². The maximum atomic E-state index is 13.8. The zero-order valence-corrected chi connectivity index (χ0v) is 11.5. The largest absolute Gasteiger partial charge is 0.330 e. The third-order valence-corrected chi connectivity index (χ3v) is 4.43. The molecule has 18 heavy (non-hydrogen) atoms. The van der Waals surface area contributed by atoms with Crippen molar-refractivity contribution in [3.8, 4) is 0 Å². The fourth-order valence-electron chi connectivity index (χ4n) is 3.16. The van der Waals surface area contributed by atoms with Crippen molar-refractivity contribution < 1.29 is 4.39 Å². The Morgan fingerprint density at radius 2 is 1.89 bits per heavy atom. The fraction of sp³-hybridized carbons (Fsp3) is 0.625. The van der Waals surface area contributed by atoms with Gasteiger partial charge in [0, 0.05) is 12.0 Å². The van der Waals surface area contributed by atoms with Crippen molar-refractivity contribution in [2.45, 2.75) is 57.3 Å². The summed E-state index contributed by atoms with van der Waals surface area (Å²) in [5.41, 5.74) is 8.20. The van der Waals surface area contributed by atoms with E-state index < -0.39 is 0 Å². The first-order valence-corrected chi connectivity index (χ1v) is 7.09. The molecule has 0 amide bonds. The summed E-state index contributed by atoms with van der Waals surface area (Å²) in [4.78, 5) is 0. The summed E-state index contributed by atoms with van der Waals surface area (Å²) in [6, 6.07) is 5.62. The van der Waals surface area contributed by atoms with Crippen molar-refractivity contribution in [1.82, 2.24) is 0 Å². The van der Waals surface area contributed by atoms with E-state index in [9.17, 15) is 4.39 Å². The van der Waals surface area contributed by atoms with Crippen LogP contribution in [0.3, 0.4) is 0 Å². The molecule has 0 heterocycles. The molecule has 2 N–H and O–H groups in total. The number of nitrogens with two attached hydrogens (primary N) is 1. The van der Waals surface area contributed by atoms with E-state index in [1.807, 2.05) is 19.9 Å². The summed E-state index contributed by atoms with van der Waals surface area (Å²) in [5, 5.41) is 0. The lowest BCUT2D eigenvalue weighted by Gasteiger charge is -2.37. The summed E-state index contributed by atoms with van der Waals surface area (Å²) in [6.45, 7) is 4.76. The van der Waals surface area contributed by atoms with Crippen LogP contribution in [0, 0.1) is 5.82 Å². The first-order valence-electron chi connectivity index (χ1n) is 7.09. The molecule has 1 nitrogen and oxygen atoms in total. The van der Waals surface area contributed by atoms with Gasteiger partial charge < -0.3 is 5.73 Å². The fourth-order valence-corrected chi connectivity index (χ4v) is 3.16. The highest BCUT2D eigenvalue weighted by molar-refractivity contribution is 5.33. The Morgan fingerprint density at radius 3 is 2.44 bits per heavy atom. The Labute approximate surface area is 110 Å². The van der Waals surface area contributed by atoms with Crippen LogP contribution in [0.2, 0.25) is 0 Å². The second-order valence-electron chi connectivity index (χ2n) is 5.94. The first-order chi connectivity index (χ1) is 8.59. The highest BCUT2D eigenvalue weighted by atomic mass is 19.1. The lowest BCUT2D eigenvalue weighted by Crippen LogP contribution is -2.37. The molecule has 0 radical (unpaired) electrons. The number of rotatable bonds is 3. The van der Waals surface area contributed by atoms with E-state index in [1.54, 1.807) is 6.07 Å². The SMILES string of the molecule is CC(C)c1cc(C2(CN)CCCCC2)ccc1F. The lowest BCUT2D eigenvalue weighted by atomic mass is 9.69. The molecule has 1 saturated carbocycles. The van der Waals surface area contributed by atoms with E-state index in [4.69, 9.17) is 5.73 Å². The van der Waals surface area contributed by atoms with E-state index in [2.05, 4.69) is 6.07 Å². The molecule has 0 bridgehead atoms. The maximum Gasteiger partial charge on any atom is 0.126 e. The minimum Gasteiger partial charge on any atom is -0.330 e. The summed E-state index contributed by atoms with van der Waals surface area (Å²) in [7, 11) is 0. The van der Waals surface area contributed by atoms with Crippen LogP contribution < -0.4 is 5.73 Å². The van der Waals surface area contributed by atoms with Crippen molar-refractivity contribution in [2.75, 3.05) is 6.54 Å². The van der Waals surface area contributed by atoms with Gasteiger partial charge in [-0.15, -0.1) is 0 Å². The summed E-state index contributed by atoms with van der Waals surface area (Å²) >= 11 is 0. The van der Waals surface area contributed by atoms with Crippen LogP contribution in [-0.4, -0.2) is 6.54 Å². The molecule has 0 unspecified atom stereocenters. The van der Waals surface area contributed by atoms with Gasteiger partial charge >= 0.3 is 0 Å². The second kappa shape index (κ2) is 5.40. The summed E-state index contributed by atoms with van der Waals surface area (Å²) < 4.78 is 13.8. The van der Waals surface area contributed by atoms with Crippen LogP contribution >= 0.6 is 0 Å². The van der Waals surface area contributed by atoms with Crippen LogP contribution in [-0.2, 0) is 5.41 Å². The van der Waals surface area contributed by atoms with E-state index in [-0.39, 0.29) is 17.2 Å². The average molecular weight is 249 g/mol. The van der Waals surface area contributed by atoms with E-state index in [1.165, 1.54) is 24.8 Å². The lowest BCUT2D eigenvalue weighted by molar-refractivity contribution is 0.300. The minimum atomic E-state index is -0.0864. The normalized spacial score (nSPS) is 19.2. The maximum absolute atomic E-state index is 13.8. The number of hydrogen-bond donors (Lipinski definition) is 1. The molecule has 1 aromatic rings. The molecule has 2 heteroatoms. The van der Waals surface area contributed by atoms with Gasteiger partial charge in [-0.2, -0.15) is 0 Å². The molecule has 2 rings (SSSR count). The number of benzene rings is 1. The van der Waals surface area contributed by atoms with Crippen LogP contribution in [0.5, 0.6) is 0 Å². The molecule has 0 aromatic heterocycles. The quantitative estimate of drug-likeness (QED) is 0.857. The molecule has 1 fully saturated rings. The van der Waals surface area contributed by atoms with E-state index in [0.717, 1.165) is 18.4 Å². The Morgan fingerprint density at radius 1 is 1.22 bits per heavy atom. The van der Waals surface area contributed by atoms with Gasteiger partial charge in [0.2, 0.25) is 0 Å².